The summed E-state index contributed by atoms with van der Waals surface area (Å²) < 4.78 is 0. The van der Waals surface area contributed by atoms with Crippen molar-refractivity contribution in [3.63, 3.8) is 0 Å². The summed E-state index contributed by atoms with van der Waals surface area (Å²) in [5.41, 5.74) is 11.8. The maximum atomic E-state index is 12.9. The summed E-state index contributed by atoms with van der Waals surface area (Å²) in [5, 5.41) is 0. The Hall–Kier alpha value is -2.69. The van der Waals surface area contributed by atoms with Crippen LogP contribution in [0.1, 0.15) is 17.5 Å². The van der Waals surface area contributed by atoms with Crippen molar-refractivity contribution in [3.8, 4) is 0 Å². The highest BCUT2D eigenvalue weighted by Gasteiger charge is 2.25. The molecule has 0 aromatic heterocycles. The number of fused-ring (bicyclic) bond motifs is 1. The molecule has 0 unspecified atom stereocenters. The molecule has 1 fully saturated rings. The van der Waals surface area contributed by atoms with E-state index in [0.29, 0.717) is 6.54 Å². The smallest absolute Gasteiger partial charge is 0.242 e. The molecule has 142 valence electrons. The second kappa shape index (κ2) is 7.51. The first-order chi connectivity index (χ1) is 13.1. The molecule has 4 rings (SSSR count). The minimum absolute atomic E-state index is 0.217. The highest BCUT2D eigenvalue weighted by atomic mass is 16.2. The van der Waals surface area contributed by atoms with E-state index in [4.69, 9.17) is 5.73 Å². The molecule has 2 N–H and O–H groups in total. The van der Waals surface area contributed by atoms with Gasteiger partial charge in [-0.05, 0) is 55.2 Å². The summed E-state index contributed by atoms with van der Waals surface area (Å²) in [7, 11) is 0. The number of carbonyl (C=O) groups is 1. The highest BCUT2D eigenvalue weighted by molar-refractivity contribution is 5.83. The number of nitrogen functional groups attached to an aromatic ring is 1. The van der Waals surface area contributed by atoms with Crippen molar-refractivity contribution in [1.29, 1.82) is 0 Å². The molecule has 1 amide bonds. The van der Waals surface area contributed by atoms with E-state index in [1.54, 1.807) is 0 Å². The average molecular weight is 364 g/mol. The second-order valence-electron chi connectivity index (χ2n) is 7.58. The van der Waals surface area contributed by atoms with Crippen LogP contribution in [0.4, 0.5) is 17.1 Å². The maximum Gasteiger partial charge on any atom is 0.242 e. The summed E-state index contributed by atoms with van der Waals surface area (Å²) in [6, 6.07) is 14.6. The fourth-order valence-electron chi connectivity index (χ4n) is 4.19. The van der Waals surface area contributed by atoms with Crippen LogP contribution >= 0.6 is 0 Å². The average Bonchev–Trinajstić information content (AvgIpc) is 2.69. The van der Waals surface area contributed by atoms with Crippen LogP contribution in [0.3, 0.4) is 0 Å². The van der Waals surface area contributed by atoms with Crippen molar-refractivity contribution < 1.29 is 4.79 Å². The van der Waals surface area contributed by atoms with Crippen LogP contribution in [0.15, 0.2) is 42.5 Å². The molecule has 5 nitrogen and oxygen atoms in total. The van der Waals surface area contributed by atoms with Gasteiger partial charge in [-0.3, -0.25) is 4.79 Å². The van der Waals surface area contributed by atoms with E-state index in [2.05, 4.69) is 47.1 Å². The van der Waals surface area contributed by atoms with E-state index in [-0.39, 0.29) is 5.91 Å². The molecule has 2 aliphatic rings. The van der Waals surface area contributed by atoms with Crippen molar-refractivity contribution in [1.82, 2.24) is 4.90 Å². The predicted molar refractivity (Wildman–Crippen MR) is 111 cm³/mol. The van der Waals surface area contributed by atoms with Crippen LogP contribution in [-0.2, 0) is 11.2 Å². The molecule has 5 heteroatoms. The molecule has 0 spiro atoms. The summed E-state index contributed by atoms with van der Waals surface area (Å²) in [5.74, 6) is 0.217. The standard InChI is InChI=1S/C22H28N4O/c1-17-5-2-6-18(15-17)24-11-13-25(14-12-24)22(27)16-26-10-4-7-19-20(23)8-3-9-21(19)26/h2-3,5-6,8-9,15H,4,7,10-14,16,23H2,1H3. The molecular weight excluding hydrogens is 336 g/mol. The third kappa shape index (κ3) is 3.72. The number of nitrogens with two attached hydrogens (primary N) is 1. The predicted octanol–water partition coefficient (Wildman–Crippen LogP) is 2.68. The number of amides is 1. The number of benzene rings is 2. The molecule has 2 aliphatic heterocycles. The fraction of sp³-hybridized carbons (Fsp3) is 0.409. The number of carbonyl (C=O) groups excluding carboxylic acids is 1. The van der Waals surface area contributed by atoms with Gasteiger partial charge in [-0.15, -0.1) is 0 Å². The van der Waals surface area contributed by atoms with Crippen LogP contribution in [0.25, 0.3) is 0 Å². The Morgan fingerprint density at radius 3 is 2.59 bits per heavy atom. The second-order valence-corrected chi connectivity index (χ2v) is 7.58. The zero-order valence-electron chi connectivity index (χ0n) is 16.0. The van der Waals surface area contributed by atoms with E-state index in [1.807, 2.05) is 17.0 Å². The molecular formula is C22H28N4O. The van der Waals surface area contributed by atoms with Gasteiger partial charge in [0.15, 0.2) is 0 Å². The van der Waals surface area contributed by atoms with Crippen molar-refractivity contribution >= 4 is 23.0 Å². The van der Waals surface area contributed by atoms with E-state index < -0.39 is 0 Å². The lowest BCUT2D eigenvalue weighted by atomic mass is 10.00. The summed E-state index contributed by atoms with van der Waals surface area (Å²) in [4.78, 5) is 19.5. The van der Waals surface area contributed by atoms with Crippen molar-refractivity contribution in [3.05, 3.63) is 53.6 Å². The van der Waals surface area contributed by atoms with Crippen LogP contribution < -0.4 is 15.5 Å². The summed E-state index contributed by atoms with van der Waals surface area (Å²) in [6.45, 7) is 6.82. The Bertz CT molecular complexity index is 827. The van der Waals surface area contributed by atoms with Crippen LogP contribution in [0, 0.1) is 6.92 Å². The van der Waals surface area contributed by atoms with Crippen molar-refractivity contribution in [2.75, 3.05) is 54.8 Å². The molecule has 0 aliphatic carbocycles. The summed E-state index contributed by atoms with van der Waals surface area (Å²) in [6.07, 6.45) is 2.05. The SMILES string of the molecule is Cc1cccc(N2CCN(C(=O)CN3CCCc4c(N)cccc43)CC2)c1. The number of hydrogen-bond donors (Lipinski definition) is 1. The molecule has 2 aromatic carbocycles. The number of piperazine rings is 1. The Morgan fingerprint density at radius 2 is 1.81 bits per heavy atom. The van der Waals surface area contributed by atoms with Crippen LogP contribution in [0.2, 0.25) is 0 Å². The number of rotatable bonds is 3. The van der Waals surface area contributed by atoms with E-state index in [1.165, 1.54) is 16.8 Å². The summed E-state index contributed by atoms with van der Waals surface area (Å²) >= 11 is 0. The quantitative estimate of drug-likeness (QED) is 0.851. The number of hydrogen-bond acceptors (Lipinski definition) is 4. The van der Waals surface area contributed by atoms with Gasteiger partial charge in [0.1, 0.15) is 0 Å². The number of aryl methyl sites for hydroxylation is 1. The zero-order valence-corrected chi connectivity index (χ0v) is 16.0. The third-order valence-electron chi connectivity index (χ3n) is 5.71. The molecule has 27 heavy (non-hydrogen) atoms. The van der Waals surface area contributed by atoms with Gasteiger partial charge >= 0.3 is 0 Å². The number of anilines is 3. The van der Waals surface area contributed by atoms with Crippen LogP contribution in [-0.4, -0.2) is 50.1 Å². The first kappa shape index (κ1) is 17.7. The molecule has 0 saturated carbocycles. The molecule has 2 aromatic rings. The zero-order chi connectivity index (χ0) is 18.8. The molecule has 0 atom stereocenters. The third-order valence-corrected chi connectivity index (χ3v) is 5.71. The Labute approximate surface area is 161 Å². The number of nitrogens with zero attached hydrogens (tertiary/aromatic N) is 3. The molecule has 1 saturated heterocycles. The van der Waals surface area contributed by atoms with E-state index >= 15 is 0 Å². The first-order valence-electron chi connectivity index (χ1n) is 9.83. The topological polar surface area (TPSA) is 52.8 Å². The van der Waals surface area contributed by atoms with Crippen molar-refractivity contribution in [2.24, 2.45) is 0 Å². The highest BCUT2D eigenvalue weighted by Crippen LogP contribution is 2.31. The van der Waals surface area contributed by atoms with Gasteiger partial charge in [0.25, 0.3) is 0 Å². The van der Waals surface area contributed by atoms with Gasteiger partial charge < -0.3 is 20.4 Å². The minimum atomic E-state index is 0.217. The lowest BCUT2D eigenvalue weighted by molar-refractivity contribution is -0.130. The minimum Gasteiger partial charge on any atom is -0.398 e. The Morgan fingerprint density at radius 1 is 1.04 bits per heavy atom. The lowest BCUT2D eigenvalue weighted by Gasteiger charge is -2.38. The lowest BCUT2D eigenvalue weighted by Crippen LogP contribution is -2.51. The van der Waals surface area contributed by atoms with Gasteiger partial charge in [-0.2, -0.15) is 0 Å². The molecule has 0 radical (unpaired) electrons. The normalized spacial score (nSPS) is 17.0. The Balaban J connectivity index is 1.38. The van der Waals surface area contributed by atoms with Gasteiger partial charge in [-0.1, -0.05) is 18.2 Å². The molecule has 0 bridgehead atoms. The van der Waals surface area contributed by atoms with Crippen molar-refractivity contribution in [2.45, 2.75) is 19.8 Å². The van der Waals surface area contributed by atoms with Gasteiger partial charge in [-0.25, -0.2) is 0 Å². The first-order valence-corrected chi connectivity index (χ1v) is 9.83. The van der Waals surface area contributed by atoms with E-state index in [0.717, 1.165) is 56.9 Å². The maximum absolute atomic E-state index is 12.9. The Kier molecular flexibility index (Phi) is 4.92. The van der Waals surface area contributed by atoms with Crippen LogP contribution in [0.5, 0.6) is 0 Å². The monoisotopic (exact) mass is 364 g/mol. The van der Waals surface area contributed by atoms with Gasteiger partial charge in [0.05, 0.1) is 6.54 Å². The van der Waals surface area contributed by atoms with Gasteiger partial charge in [0, 0.05) is 49.8 Å². The molecule has 2 heterocycles. The fourth-order valence-corrected chi connectivity index (χ4v) is 4.19. The van der Waals surface area contributed by atoms with E-state index in [9.17, 15) is 4.79 Å². The largest absolute Gasteiger partial charge is 0.398 e. The van der Waals surface area contributed by atoms with Gasteiger partial charge in [0.2, 0.25) is 5.91 Å².